The van der Waals surface area contributed by atoms with Crippen molar-refractivity contribution in [2.45, 2.75) is 45.7 Å². The van der Waals surface area contributed by atoms with Gasteiger partial charge in [-0.2, -0.15) is 9.67 Å². The molecule has 10 nitrogen and oxygen atoms in total. The van der Waals surface area contributed by atoms with E-state index in [-0.39, 0.29) is 23.9 Å². The number of carbonyl (C=O) groups is 1. The monoisotopic (exact) mass is 449 g/mol. The van der Waals surface area contributed by atoms with Gasteiger partial charge in [-0.05, 0) is 51.8 Å². The molecule has 0 radical (unpaired) electrons. The number of carbonyl (C=O) groups excluding carboxylic acids is 1. The molecule has 3 aromatic rings. The van der Waals surface area contributed by atoms with Crippen LogP contribution in [-0.2, 0) is 0 Å². The highest BCUT2D eigenvalue weighted by Gasteiger charge is 2.37. The molecule has 4 heterocycles. The third-order valence-corrected chi connectivity index (χ3v) is 6.09. The Labute approximate surface area is 191 Å². The molecule has 1 aromatic carbocycles. The van der Waals surface area contributed by atoms with Crippen molar-refractivity contribution in [3.05, 3.63) is 46.6 Å². The first kappa shape index (κ1) is 21.2. The zero-order valence-corrected chi connectivity index (χ0v) is 19.0. The quantitative estimate of drug-likeness (QED) is 0.633. The van der Waals surface area contributed by atoms with Crippen molar-refractivity contribution < 1.29 is 9.21 Å². The third kappa shape index (κ3) is 3.75. The minimum Gasteiger partial charge on any atom is -0.388 e. The second-order valence-corrected chi connectivity index (χ2v) is 8.63. The molecule has 2 aliphatic heterocycles. The number of anilines is 3. The van der Waals surface area contributed by atoms with Crippen LogP contribution in [0.2, 0.25) is 0 Å². The normalized spacial score (nSPS) is 17.8. The number of hydrogen-bond donors (Lipinski definition) is 1. The molecule has 0 unspecified atom stereocenters. The molecule has 5 rings (SSSR count). The van der Waals surface area contributed by atoms with Crippen LogP contribution in [0, 0.1) is 0 Å². The van der Waals surface area contributed by atoms with Gasteiger partial charge in [-0.25, -0.2) is 9.78 Å². The van der Waals surface area contributed by atoms with Crippen molar-refractivity contribution >= 4 is 23.4 Å². The van der Waals surface area contributed by atoms with E-state index in [1.165, 1.54) is 4.68 Å². The largest absolute Gasteiger partial charge is 0.437 e. The SMILES string of the molecule is CCNc1ncc2c(n1)N1CCC[C@H]1CN(c1cccc(-c3nn(C(C)C)c(=O)o3)c1)C2=O. The molecule has 1 N–H and O–H groups in total. The van der Waals surface area contributed by atoms with E-state index in [1.54, 1.807) is 11.1 Å². The average molecular weight is 450 g/mol. The Morgan fingerprint density at radius 2 is 2.12 bits per heavy atom. The number of amides is 1. The Bertz CT molecular complexity index is 1250. The van der Waals surface area contributed by atoms with Gasteiger partial charge in [0.25, 0.3) is 5.91 Å². The summed E-state index contributed by atoms with van der Waals surface area (Å²) in [4.78, 5) is 38.8. The van der Waals surface area contributed by atoms with Crippen molar-refractivity contribution in [2.24, 2.45) is 0 Å². The Hall–Kier alpha value is -3.69. The first-order valence-corrected chi connectivity index (χ1v) is 11.4. The lowest BCUT2D eigenvalue weighted by atomic mass is 10.1. The minimum absolute atomic E-state index is 0.109. The molecule has 33 heavy (non-hydrogen) atoms. The number of hydrogen-bond acceptors (Lipinski definition) is 8. The maximum atomic E-state index is 13.6. The number of aromatic nitrogens is 4. The van der Waals surface area contributed by atoms with Gasteiger partial charge in [0.15, 0.2) is 0 Å². The molecule has 0 spiro atoms. The molecule has 0 aliphatic carbocycles. The molecule has 0 bridgehead atoms. The fourth-order valence-corrected chi connectivity index (χ4v) is 4.49. The zero-order chi connectivity index (χ0) is 23.1. The summed E-state index contributed by atoms with van der Waals surface area (Å²) in [7, 11) is 0. The molecule has 0 saturated carbocycles. The van der Waals surface area contributed by atoms with E-state index in [0.717, 1.165) is 25.1 Å². The second-order valence-electron chi connectivity index (χ2n) is 8.63. The van der Waals surface area contributed by atoms with Crippen LogP contribution < -0.4 is 20.9 Å². The predicted molar refractivity (Wildman–Crippen MR) is 125 cm³/mol. The summed E-state index contributed by atoms with van der Waals surface area (Å²) in [6.45, 7) is 7.83. The van der Waals surface area contributed by atoms with Crippen LogP contribution in [0.25, 0.3) is 11.5 Å². The summed E-state index contributed by atoms with van der Waals surface area (Å²) < 4.78 is 6.69. The molecule has 10 heteroatoms. The van der Waals surface area contributed by atoms with E-state index in [9.17, 15) is 9.59 Å². The van der Waals surface area contributed by atoms with Crippen LogP contribution in [0.15, 0.2) is 39.7 Å². The van der Waals surface area contributed by atoms with Gasteiger partial charge >= 0.3 is 5.76 Å². The minimum atomic E-state index is -0.500. The van der Waals surface area contributed by atoms with Gasteiger partial charge in [-0.15, -0.1) is 5.10 Å². The molecule has 2 aliphatic rings. The van der Waals surface area contributed by atoms with Crippen LogP contribution >= 0.6 is 0 Å². The van der Waals surface area contributed by atoms with Crippen LogP contribution in [0.5, 0.6) is 0 Å². The number of benzene rings is 1. The summed E-state index contributed by atoms with van der Waals surface area (Å²) in [5, 5.41) is 7.46. The number of rotatable bonds is 5. The Morgan fingerprint density at radius 3 is 2.88 bits per heavy atom. The first-order chi connectivity index (χ1) is 16.0. The topological polar surface area (TPSA) is 109 Å². The summed E-state index contributed by atoms with van der Waals surface area (Å²) in [5.41, 5.74) is 1.85. The zero-order valence-electron chi connectivity index (χ0n) is 19.0. The lowest BCUT2D eigenvalue weighted by Crippen LogP contribution is -2.39. The summed E-state index contributed by atoms with van der Waals surface area (Å²) in [6.07, 6.45) is 3.64. The van der Waals surface area contributed by atoms with Gasteiger partial charge in [0, 0.05) is 43.1 Å². The highest BCUT2D eigenvalue weighted by molar-refractivity contribution is 6.10. The first-order valence-electron chi connectivity index (χ1n) is 11.4. The van der Waals surface area contributed by atoms with Gasteiger partial charge in [0.1, 0.15) is 11.4 Å². The number of nitrogens with one attached hydrogen (secondary N) is 1. The summed E-state index contributed by atoms with van der Waals surface area (Å²) >= 11 is 0. The Morgan fingerprint density at radius 1 is 1.27 bits per heavy atom. The van der Waals surface area contributed by atoms with Gasteiger partial charge in [0.05, 0.1) is 6.04 Å². The van der Waals surface area contributed by atoms with Crippen LogP contribution in [0.1, 0.15) is 50.0 Å². The molecule has 1 fully saturated rings. The Balaban J connectivity index is 1.55. The van der Waals surface area contributed by atoms with Crippen molar-refractivity contribution in [1.29, 1.82) is 0 Å². The van der Waals surface area contributed by atoms with E-state index >= 15 is 0 Å². The van der Waals surface area contributed by atoms with Gasteiger partial charge in [-0.1, -0.05) is 6.07 Å². The molecule has 172 valence electrons. The van der Waals surface area contributed by atoms with Gasteiger partial charge < -0.3 is 19.5 Å². The standard InChI is InChI=1S/C23H27N7O3/c1-4-24-22-25-12-18-19(26-22)28-10-6-9-17(28)13-29(21(18)31)16-8-5-7-15(11-16)20-27-30(14(2)3)23(32)33-20/h5,7-8,11-12,14,17H,4,6,9-10,13H2,1-3H3,(H,24,25,26)/t17-/m0/s1. The van der Waals surface area contributed by atoms with Crippen molar-refractivity contribution in [3.63, 3.8) is 0 Å². The molecule has 1 saturated heterocycles. The second kappa shape index (κ2) is 8.34. The van der Waals surface area contributed by atoms with E-state index in [2.05, 4.69) is 25.3 Å². The van der Waals surface area contributed by atoms with E-state index in [0.29, 0.717) is 36.0 Å². The lowest BCUT2D eigenvalue weighted by molar-refractivity contribution is 0.0988. The summed E-state index contributed by atoms with van der Waals surface area (Å²) in [5.74, 6) is 0.809. The number of nitrogens with zero attached hydrogens (tertiary/aromatic N) is 6. The smallest absolute Gasteiger partial charge is 0.388 e. The highest BCUT2D eigenvalue weighted by Crippen LogP contribution is 2.35. The average Bonchev–Trinajstić information content (AvgIpc) is 3.41. The molecule has 1 amide bonds. The van der Waals surface area contributed by atoms with E-state index in [4.69, 9.17) is 4.42 Å². The fourth-order valence-electron chi connectivity index (χ4n) is 4.49. The van der Waals surface area contributed by atoms with Crippen LogP contribution in [0.4, 0.5) is 17.5 Å². The molecular weight excluding hydrogens is 422 g/mol. The maximum absolute atomic E-state index is 13.6. The Kier molecular flexibility index (Phi) is 5.35. The molecule has 2 aromatic heterocycles. The lowest BCUT2D eigenvalue weighted by Gasteiger charge is -2.27. The number of fused-ring (bicyclic) bond motifs is 3. The van der Waals surface area contributed by atoms with E-state index < -0.39 is 5.76 Å². The third-order valence-electron chi connectivity index (χ3n) is 6.09. The summed E-state index contributed by atoms with van der Waals surface area (Å²) in [6, 6.07) is 7.45. The fraction of sp³-hybridized carbons (Fsp3) is 0.435. The van der Waals surface area contributed by atoms with Crippen molar-refractivity contribution in [1.82, 2.24) is 19.7 Å². The van der Waals surface area contributed by atoms with Gasteiger partial charge in [-0.3, -0.25) is 4.79 Å². The van der Waals surface area contributed by atoms with Gasteiger partial charge in [0.2, 0.25) is 11.8 Å². The highest BCUT2D eigenvalue weighted by atomic mass is 16.4. The molecule has 1 atom stereocenters. The van der Waals surface area contributed by atoms with Crippen molar-refractivity contribution in [3.8, 4) is 11.5 Å². The van der Waals surface area contributed by atoms with Crippen LogP contribution in [-0.4, -0.2) is 51.3 Å². The van der Waals surface area contributed by atoms with Crippen molar-refractivity contribution in [2.75, 3.05) is 34.8 Å². The molecular formula is C23H27N7O3. The van der Waals surface area contributed by atoms with Crippen LogP contribution in [0.3, 0.4) is 0 Å². The van der Waals surface area contributed by atoms with E-state index in [1.807, 2.05) is 45.0 Å². The predicted octanol–water partition coefficient (Wildman–Crippen LogP) is 2.94. The maximum Gasteiger partial charge on any atom is 0.437 e.